The molecule has 13 nitrogen and oxygen atoms in total. The first-order valence-corrected chi connectivity index (χ1v) is 23.0. The summed E-state index contributed by atoms with van der Waals surface area (Å²) < 4.78 is 42.0. The van der Waals surface area contributed by atoms with Crippen molar-refractivity contribution in [2.45, 2.75) is 92.4 Å². The highest BCUT2D eigenvalue weighted by atomic mass is 31.2. The first-order chi connectivity index (χ1) is 29.8. The zero-order valence-electron chi connectivity index (χ0n) is 36.9. The van der Waals surface area contributed by atoms with Crippen molar-refractivity contribution in [3.8, 4) is 0 Å². The van der Waals surface area contributed by atoms with E-state index in [-0.39, 0.29) is 38.2 Å². The van der Waals surface area contributed by atoms with Crippen LogP contribution in [0.4, 0.5) is 26.7 Å². The van der Waals surface area contributed by atoms with Crippen LogP contribution in [0.15, 0.2) is 103 Å². The molecule has 0 aromatic heterocycles. The molecule has 1 heterocycles. The lowest BCUT2D eigenvalue weighted by atomic mass is 9.92. The molecular weight excluding hydrogens is 808 g/mol. The molecule has 4 aromatic rings. The lowest BCUT2D eigenvalue weighted by molar-refractivity contribution is -0.153. The van der Waals surface area contributed by atoms with E-state index < -0.39 is 32.7 Å². The van der Waals surface area contributed by atoms with Crippen LogP contribution in [0.2, 0.25) is 0 Å². The van der Waals surface area contributed by atoms with Gasteiger partial charge >= 0.3 is 25.9 Å². The first-order valence-electron chi connectivity index (χ1n) is 21.5. The lowest BCUT2D eigenvalue weighted by Gasteiger charge is -2.31. The fraction of sp³-hybridized carbons (Fsp3) is 0.438. The maximum absolute atomic E-state index is 13.8. The molecule has 0 radical (unpaired) electrons. The Bertz CT molecular complexity index is 2010. The second-order valence-electron chi connectivity index (χ2n) is 16.5. The number of anilines is 3. The number of carbonyl (C=O) groups excluding carboxylic acids is 3. The van der Waals surface area contributed by atoms with Crippen molar-refractivity contribution in [2.24, 2.45) is 11.8 Å². The Morgan fingerprint density at radius 2 is 1.40 bits per heavy atom. The van der Waals surface area contributed by atoms with E-state index in [1.54, 1.807) is 0 Å². The number of carbonyl (C=O) groups is 3. The Kier molecular flexibility index (Phi) is 18.4. The van der Waals surface area contributed by atoms with E-state index in [0.29, 0.717) is 49.0 Å². The smallest absolute Gasteiger partial charge is 0.428 e. The summed E-state index contributed by atoms with van der Waals surface area (Å²) in [6, 6.07) is 31.3. The predicted molar refractivity (Wildman–Crippen MR) is 243 cm³/mol. The van der Waals surface area contributed by atoms with Crippen LogP contribution < -0.4 is 15.5 Å². The third-order valence-corrected chi connectivity index (χ3v) is 11.7. The van der Waals surface area contributed by atoms with Gasteiger partial charge in [-0.05, 0) is 84.9 Å². The Morgan fingerprint density at radius 3 is 1.98 bits per heavy atom. The minimum atomic E-state index is -4.06. The molecule has 334 valence electrons. The SMILES string of the molecule is CCC(CC(=O)OCOC(=O)N1CCC[C@H]1COP(=O)(OCc1ccccc1)OCc1ccccc1)c1ccc(N(CC(C)C)CC(C)C)c(NC(=O)Nc2ccc(C)cc2)c1. The molecule has 2 atom stereocenters. The number of rotatable bonds is 22. The van der Waals surface area contributed by atoms with Gasteiger partial charge < -0.3 is 29.9 Å². The van der Waals surface area contributed by atoms with Gasteiger partial charge in [0.15, 0.2) is 0 Å². The molecule has 14 heteroatoms. The van der Waals surface area contributed by atoms with Gasteiger partial charge in [-0.3, -0.25) is 18.4 Å². The molecule has 1 saturated heterocycles. The minimum Gasteiger partial charge on any atom is -0.428 e. The van der Waals surface area contributed by atoms with Gasteiger partial charge in [0.2, 0.25) is 6.79 Å². The number of likely N-dealkylation sites (tertiary alicyclic amines) is 1. The van der Waals surface area contributed by atoms with E-state index in [0.717, 1.165) is 41.0 Å². The maximum Gasteiger partial charge on any atom is 0.475 e. The molecule has 4 aromatic carbocycles. The normalized spacial score (nSPS) is 14.5. The molecule has 3 amide bonds. The summed E-state index contributed by atoms with van der Waals surface area (Å²) in [5, 5.41) is 6.02. The number of nitrogens with one attached hydrogen (secondary N) is 2. The zero-order chi connectivity index (χ0) is 44.5. The second kappa shape index (κ2) is 23.9. The number of esters is 1. The number of urea groups is 1. The van der Waals surface area contributed by atoms with E-state index in [1.165, 1.54) is 4.90 Å². The van der Waals surface area contributed by atoms with Crippen molar-refractivity contribution in [2.75, 3.05) is 48.6 Å². The predicted octanol–water partition coefficient (Wildman–Crippen LogP) is 11.3. The fourth-order valence-electron chi connectivity index (χ4n) is 7.24. The number of hydrogen-bond acceptors (Lipinski definition) is 10. The highest BCUT2D eigenvalue weighted by Crippen LogP contribution is 2.51. The summed E-state index contributed by atoms with van der Waals surface area (Å²) >= 11 is 0. The van der Waals surface area contributed by atoms with Gasteiger partial charge in [-0.25, -0.2) is 14.2 Å². The van der Waals surface area contributed by atoms with Crippen molar-refractivity contribution in [3.63, 3.8) is 0 Å². The molecule has 0 saturated carbocycles. The van der Waals surface area contributed by atoms with Crippen LogP contribution in [0.5, 0.6) is 0 Å². The molecule has 0 spiro atoms. The third-order valence-electron chi connectivity index (χ3n) is 10.4. The van der Waals surface area contributed by atoms with Crippen LogP contribution in [0.1, 0.15) is 88.5 Å². The van der Waals surface area contributed by atoms with Crippen LogP contribution in [0.25, 0.3) is 0 Å². The van der Waals surface area contributed by atoms with Gasteiger partial charge in [0.25, 0.3) is 0 Å². The number of phosphoric ester groups is 1. The highest BCUT2D eigenvalue weighted by Gasteiger charge is 2.35. The molecular formula is C48H63N4O9P. The van der Waals surface area contributed by atoms with E-state index in [9.17, 15) is 18.9 Å². The summed E-state index contributed by atoms with van der Waals surface area (Å²) in [6.45, 7) is 14.0. The Labute approximate surface area is 367 Å². The lowest BCUT2D eigenvalue weighted by Crippen LogP contribution is -2.39. The van der Waals surface area contributed by atoms with Crippen molar-refractivity contribution < 1.29 is 42.0 Å². The fourth-order valence-corrected chi connectivity index (χ4v) is 8.43. The van der Waals surface area contributed by atoms with Crippen LogP contribution >= 0.6 is 7.82 Å². The highest BCUT2D eigenvalue weighted by molar-refractivity contribution is 7.48. The molecule has 1 aliphatic heterocycles. The Balaban J connectivity index is 1.18. The van der Waals surface area contributed by atoms with E-state index in [4.69, 9.17) is 23.0 Å². The van der Waals surface area contributed by atoms with Crippen LogP contribution in [0, 0.1) is 18.8 Å². The molecule has 0 bridgehead atoms. The second-order valence-corrected chi connectivity index (χ2v) is 18.2. The van der Waals surface area contributed by atoms with Crippen LogP contribution in [-0.2, 0) is 45.6 Å². The molecule has 62 heavy (non-hydrogen) atoms. The van der Waals surface area contributed by atoms with Crippen LogP contribution in [-0.4, -0.2) is 62.1 Å². The number of phosphoric acid groups is 1. The monoisotopic (exact) mass is 870 g/mol. The van der Waals surface area contributed by atoms with Crippen molar-refractivity contribution in [3.05, 3.63) is 125 Å². The molecule has 2 N–H and O–H groups in total. The van der Waals surface area contributed by atoms with Crippen LogP contribution in [0.3, 0.4) is 0 Å². The Hall–Kier alpha value is -5.20. The number of nitrogens with zero attached hydrogens (tertiary/aromatic N) is 2. The largest absolute Gasteiger partial charge is 0.475 e. The summed E-state index contributed by atoms with van der Waals surface area (Å²) in [7, 11) is -4.06. The number of amides is 3. The van der Waals surface area contributed by atoms with E-state index in [1.807, 2.05) is 117 Å². The number of benzene rings is 4. The summed E-state index contributed by atoms with van der Waals surface area (Å²) in [5.41, 5.74) is 5.77. The number of hydrogen-bond donors (Lipinski definition) is 2. The average Bonchev–Trinajstić information content (AvgIpc) is 3.74. The molecule has 5 rings (SSSR count). The summed E-state index contributed by atoms with van der Waals surface area (Å²) in [6.07, 6.45) is 1.24. The number of aryl methyl sites for hydroxylation is 1. The molecule has 1 unspecified atom stereocenters. The molecule has 0 aliphatic carbocycles. The van der Waals surface area contributed by atoms with Crippen molar-refractivity contribution >= 4 is 43.0 Å². The van der Waals surface area contributed by atoms with Gasteiger partial charge in [-0.1, -0.05) is 119 Å². The third kappa shape index (κ3) is 15.3. The molecule has 1 fully saturated rings. The topological polar surface area (TPSA) is 145 Å². The summed E-state index contributed by atoms with van der Waals surface area (Å²) in [4.78, 5) is 43.6. The maximum atomic E-state index is 13.8. The van der Waals surface area contributed by atoms with Crippen molar-refractivity contribution in [1.82, 2.24) is 4.90 Å². The van der Waals surface area contributed by atoms with E-state index >= 15 is 0 Å². The standard InChI is InChI=1S/C48H63N4O9P/c1-7-40(41-22-25-45(51(29-35(2)3)30-36(4)5)44(27-41)50-47(54)49-42-23-20-37(6)21-24-42)28-46(53)57-34-58-48(55)52-26-14-19-43(52)33-61-62(56,59-31-38-15-10-8-11-16-38)60-32-39-17-12-9-13-18-39/h8-13,15-18,20-25,27,35-36,40,43H,7,14,19,26,28-34H2,1-6H3,(H2,49,50,54)/t40?,43-/m0/s1. The van der Waals surface area contributed by atoms with Gasteiger partial charge in [-0.15, -0.1) is 0 Å². The van der Waals surface area contributed by atoms with E-state index in [2.05, 4.69) is 43.2 Å². The molecule has 1 aliphatic rings. The zero-order valence-corrected chi connectivity index (χ0v) is 37.8. The summed E-state index contributed by atoms with van der Waals surface area (Å²) in [5.74, 6) is -0.00357. The minimum absolute atomic E-state index is 0.0117. The van der Waals surface area contributed by atoms with Gasteiger partial charge in [0, 0.05) is 25.3 Å². The van der Waals surface area contributed by atoms with Gasteiger partial charge in [0.05, 0.1) is 43.7 Å². The Morgan fingerprint density at radius 1 is 0.790 bits per heavy atom. The van der Waals surface area contributed by atoms with Gasteiger partial charge in [0.1, 0.15) is 0 Å². The first kappa shape index (κ1) is 47.8. The number of ether oxygens (including phenoxy) is 2. The quantitative estimate of drug-likeness (QED) is 0.0445. The average molecular weight is 871 g/mol. The van der Waals surface area contributed by atoms with Gasteiger partial charge in [-0.2, -0.15) is 0 Å². The van der Waals surface area contributed by atoms with Crippen molar-refractivity contribution in [1.29, 1.82) is 0 Å².